The molecule has 17 heavy (non-hydrogen) atoms. The third-order valence-electron chi connectivity index (χ3n) is 2.40. The number of nitriles is 1. The molecule has 0 aromatic heterocycles. The Kier molecular flexibility index (Phi) is 4.22. The molecule has 0 bridgehead atoms. The van der Waals surface area contributed by atoms with Gasteiger partial charge in [0.15, 0.2) is 0 Å². The molecule has 0 aliphatic heterocycles. The molecule has 1 amide bonds. The van der Waals surface area contributed by atoms with E-state index in [1.165, 1.54) is 17.0 Å². The maximum absolute atomic E-state index is 13.2. The first-order chi connectivity index (χ1) is 7.93. The molecule has 1 unspecified atom stereocenters. The van der Waals surface area contributed by atoms with Gasteiger partial charge >= 0.3 is 0 Å². The molecule has 0 aliphatic carbocycles. The van der Waals surface area contributed by atoms with E-state index in [2.05, 4.69) is 6.07 Å². The second-order valence-corrected chi connectivity index (χ2v) is 4.23. The number of aryl methyl sites for hydroxylation is 1. The summed E-state index contributed by atoms with van der Waals surface area (Å²) in [5.74, 6) is -0.927. The topological polar surface area (TPSA) is 44.1 Å². The van der Waals surface area contributed by atoms with Gasteiger partial charge in [0.2, 0.25) is 0 Å². The first kappa shape index (κ1) is 13.2. The molecule has 0 radical (unpaired) electrons. The molecule has 0 aliphatic rings. The predicted octanol–water partition coefficient (Wildman–Crippen LogP) is 2.37. The minimum atomic E-state index is -0.421. The van der Waals surface area contributed by atoms with Crippen LogP contribution in [0.25, 0.3) is 0 Å². The van der Waals surface area contributed by atoms with Crippen molar-refractivity contribution < 1.29 is 9.18 Å². The van der Waals surface area contributed by atoms with Gasteiger partial charge in [0.1, 0.15) is 5.82 Å². The van der Waals surface area contributed by atoms with E-state index in [9.17, 15) is 9.18 Å². The van der Waals surface area contributed by atoms with Crippen molar-refractivity contribution >= 4 is 5.91 Å². The lowest BCUT2D eigenvalue weighted by Gasteiger charge is -2.18. The number of halogens is 1. The zero-order valence-corrected chi connectivity index (χ0v) is 10.2. The van der Waals surface area contributed by atoms with E-state index in [0.29, 0.717) is 17.7 Å². The fourth-order valence-corrected chi connectivity index (χ4v) is 1.61. The summed E-state index contributed by atoms with van der Waals surface area (Å²) in [5.41, 5.74) is 1.02. The Morgan fingerprint density at radius 3 is 2.71 bits per heavy atom. The van der Waals surface area contributed by atoms with E-state index >= 15 is 0 Å². The zero-order valence-electron chi connectivity index (χ0n) is 10.2. The van der Waals surface area contributed by atoms with Crippen LogP contribution in [0.15, 0.2) is 18.2 Å². The fraction of sp³-hybridized carbons (Fsp3) is 0.385. The summed E-state index contributed by atoms with van der Waals surface area (Å²) in [6.07, 6.45) is 0. The van der Waals surface area contributed by atoms with Crippen LogP contribution < -0.4 is 0 Å². The van der Waals surface area contributed by atoms with E-state index in [1.54, 1.807) is 27.0 Å². The number of carbonyl (C=O) groups excluding carboxylic acids is 1. The van der Waals surface area contributed by atoms with Crippen LogP contribution in [0, 0.1) is 30.0 Å². The maximum Gasteiger partial charge on any atom is 0.253 e. The van der Waals surface area contributed by atoms with E-state index in [1.807, 2.05) is 0 Å². The van der Waals surface area contributed by atoms with Crippen LogP contribution in [0.5, 0.6) is 0 Å². The molecule has 4 heteroatoms. The van der Waals surface area contributed by atoms with E-state index in [0.717, 1.165) is 0 Å². The molecule has 1 aromatic rings. The van der Waals surface area contributed by atoms with Gasteiger partial charge in [-0.05, 0) is 37.6 Å². The summed E-state index contributed by atoms with van der Waals surface area (Å²) in [6.45, 7) is 3.81. The van der Waals surface area contributed by atoms with Crippen molar-refractivity contribution in [2.24, 2.45) is 5.92 Å². The number of hydrogen-bond acceptors (Lipinski definition) is 2. The lowest BCUT2D eigenvalue weighted by atomic mass is 10.1. The van der Waals surface area contributed by atoms with Gasteiger partial charge in [0.25, 0.3) is 5.91 Å². The lowest BCUT2D eigenvalue weighted by molar-refractivity contribution is 0.0784. The van der Waals surface area contributed by atoms with E-state index < -0.39 is 5.82 Å². The molecule has 1 rings (SSSR count). The average Bonchev–Trinajstić information content (AvgIpc) is 2.26. The Hall–Kier alpha value is -1.89. The number of nitrogens with zero attached hydrogens (tertiary/aromatic N) is 2. The predicted molar refractivity (Wildman–Crippen MR) is 62.9 cm³/mol. The van der Waals surface area contributed by atoms with Crippen LogP contribution in [0.3, 0.4) is 0 Å². The molecule has 1 atom stereocenters. The smallest absolute Gasteiger partial charge is 0.253 e. The lowest BCUT2D eigenvalue weighted by Crippen LogP contribution is -2.30. The molecule has 0 spiro atoms. The number of hydrogen-bond donors (Lipinski definition) is 0. The van der Waals surface area contributed by atoms with Crippen LogP contribution in [0.1, 0.15) is 22.8 Å². The summed E-state index contributed by atoms with van der Waals surface area (Å²) in [7, 11) is 1.61. The van der Waals surface area contributed by atoms with Crippen molar-refractivity contribution in [2.45, 2.75) is 13.8 Å². The van der Waals surface area contributed by atoms with Crippen molar-refractivity contribution in [3.8, 4) is 6.07 Å². The van der Waals surface area contributed by atoms with E-state index in [-0.39, 0.29) is 11.8 Å². The Morgan fingerprint density at radius 1 is 1.53 bits per heavy atom. The molecule has 0 N–H and O–H groups in total. The minimum absolute atomic E-state index is 0.237. The van der Waals surface area contributed by atoms with Gasteiger partial charge in [0.05, 0.1) is 12.0 Å². The number of benzene rings is 1. The molecular formula is C13H15FN2O. The first-order valence-corrected chi connectivity index (χ1v) is 5.36. The van der Waals surface area contributed by atoms with Crippen molar-refractivity contribution in [3.63, 3.8) is 0 Å². The standard InChI is InChI=1S/C13H15FN2O/c1-9-4-11(6-12(14)5-9)13(17)16(3)8-10(2)7-15/h4-6,10H,8H2,1-3H3. The third kappa shape index (κ3) is 3.56. The molecular weight excluding hydrogens is 219 g/mol. The Labute approximate surface area is 100 Å². The third-order valence-corrected chi connectivity index (χ3v) is 2.40. The van der Waals surface area contributed by atoms with Gasteiger partial charge in [-0.3, -0.25) is 4.79 Å². The SMILES string of the molecule is Cc1cc(F)cc(C(=O)N(C)CC(C)C#N)c1. The molecule has 0 heterocycles. The van der Waals surface area contributed by atoms with Crippen LogP contribution in [-0.4, -0.2) is 24.4 Å². The van der Waals surface area contributed by atoms with Crippen molar-refractivity contribution in [2.75, 3.05) is 13.6 Å². The highest BCUT2D eigenvalue weighted by molar-refractivity contribution is 5.94. The summed E-state index contributed by atoms with van der Waals surface area (Å²) >= 11 is 0. The van der Waals surface area contributed by atoms with Crippen LogP contribution in [0.2, 0.25) is 0 Å². The summed E-state index contributed by atoms with van der Waals surface area (Å²) < 4.78 is 13.2. The number of rotatable bonds is 3. The van der Waals surface area contributed by atoms with Crippen molar-refractivity contribution in [3.05, 3.63) is 35.1 Å². The Morgan fingerprint density at radius 2 is 2.18 bits per heavy atom. The maximum atomic E-state index is 13.2. The molecule has 1 aromatic carbocycles. The van der Waals surface area contributed by atoms with Gasteiger partial charge in [-0.15, -0.1) is 0 Å². The van der Waals surface area contributed by atoms with E-state index in [4.69, 9.17) is 5.26 Å². The average molecular weight is 234 g/mol. The first-order valence-electron chi connectivity index (χ1n) is 5.36. The molecule has 0 fully saturated rings. The fourth-order valence-electron chi connectivity index (χ4n) is 1.61. The van der Waals surface area contributed by atoms with Crippen LogP contribution in [-0.2, 0) is 0 Å². The molecule has 3 nitrogen and oxygen atoms in total. The van der Waals surface area contributed by atoms with Crippen LogP contribution in [0.4, 0.5) is 4.39 Å². The summed E-state index contributed by atoms with van der Waals surface area (Å²) in [5, 5.41) is 8.68. The second-order valence-electron chi connectivity index (χ2n) is 4.23. The molecule has 90 valence electrons. The highest BCUT2D eigenvalue weighted by atomic mass is 19.1. The normalized spacial score (nSPS) is 11.7. The highest BCUT2D eigenvalue weighted by Gasteiger charge is 2.15. The Balaban J connectivity index is 2.86. The van der Waals surface area contributed by atoms with Crippen molar-refractivity contribution in [1.29, 1.82) is 5.26 Å². The zero-order chi connectivity index (χ0) is 13.0. The second kappa shape index (κ2) is 5.44. The molecule has 0 saturated carbocycles. The van der Waals surface area contributed by atoms with Gasteiger partial charge in [0, 0.05) is 19.2 Å². The van der Waals surface area contributed by atoms with Gasteiger partial charge in [-0.1, -0.05) is 0 Å². The minimum Gasteiger partial charge on any atom is -0.340 e. The number of amides is 1. The monoisotopic (exact) mass is 234 g/mol. The number of carbonyl (C=O) groups is 1. The highest BCUT2D eigenvalue weighted by Crippen LogP contribution is 2.11. The van der Waals surface area contributed by atoms with Gasteiger partial charge in [-0.2, -0.15) is 5.26 Å². The van der Waals surface area contributed by atoms with Crippen molar-refractivity contribution in [1.82, 2.24) is 4.90 Å². The van der Waals surface area contributed by atoms with Gasteiger partial charge in [-0.25, -0.2) is 4.39 Å². The Bertz CT molecular complexity index is 445. The quantitative estimate of drug-likeness (QED) is 0.805. The summed E-state index contributed by atoms with van der Waals surface area (Å²) in [4.78, 5) is 13.4. The molecule has 0 saturated heterocycles. The summed E-state index contributed by atoms with van der Waals surface area (Å²) in [6, 6.07) is 6.28. The largest absolute Gasteiger partial charge is 0.340 e. The van der Waals surface area contributed by atoms with Gasteiger partial charge < -0.3 is 4.90 Å². The van der Waals surface area contributed by atoms with Crippen LogP contribution >= 0.6 is 0 Å².